The van der Waals surface area contributed by atoms with Gasteiger partial charge in [-0.3, -0.25) is 4.79 Å². The Bertz CT molecular complexity index is 746. The van der Waals surface area contributed by atoms with Gasteiger partial charge >= 0.3 is 11.9 Å². The molecule has 0 heterocycles. The zero-order chi connectivity index (χ0) is 17.2. The lowest BCUT2D eigenvalue weighted by Crippen LogP contribution is -2.23. The molecule has 1 saturated carbocycles. The number of rotatable bonds is 5. The van der Waals surface area contributed by atoms with Crippen molar-refractivity contribution in [2.75, 3.05) is 7.11 Å². The Morgan fingerprint density at radius 1 is 1.04 bits per heavy atom. The first kappa shape index (κ1) is 16.5. The van der Waals surface area contributed by atoms with Crippen LogP contribution in [-0.2, 0) is 26.3 Å². The highest BCUT2D eigenvalue weighted by atomic mass is 35.5. The molecule has 5 heteroatoms. The Morgan fingerprint density at radius 3 is 2.21 bits per heavy atom. The number of methoxy groups -OCH3 is 1. The van der Waals surface area contributed by atoms with E-state index in [9.17, 15) is 9.59 Å². The number of ether oxygens (including phenoxy) is 2. The van der Waals surface area contributed by atoms with E-state index in [1.165, 1.54) is 7.11 Å². The van der Waals surface area contributed by atoms with Gasteiger partial charge in [-0.1, -0.05) is 35.9 Å². The highest BCUT2D eigenvalue weighted by Gasteiger charge is 2.52. The SMILES string of the molecule is COC(=O)c1ccc(COC(=O)C2(c3ccc(Cl)cc3)CC2)cc1. The Morgan fingerprint density at radius 2 is 1.67 bits per heavy atom. The second kappa shape index (κ2) is 6.65. The Hall–Kier alpha value is -2.33. The van der Waals surface area contributed by atoms with Gasteiger partial charge in [0.2, 0.25) is 0 Å². The van der Waals surface area contributed by atoms with Crippen molar-refractivity contribution < 1.29 is 19.1 Å². The van der Waals surface area contributed by atoms with Crippen LogP contribution < -0.4 is 0 Å². The average molecular weight is 345 g/mol. The quantitative estimate of drug-likeness (QED) is 0.772. The van der Waals surface area contributed by atoms with Crippen LogP contribution in [0.4, 0.5) is 0 Å². The maximum atomic E-state index is 12.5. The van der Waals surface area contributed by atoms with Gasteiger partial charge in [0.25, 0.3) is 0 Å². The highest BCUT2D eigenvalue weighted by molar-refractivity contribution is 6.30. The molecule has 0 unspecified atom stereocenters. The van der Waals surface area contributed by atoms with Crippen molar-refractivity contribution in [3.8, 4) is 0 Å². The summed E-state index contributed by atoms with van der Waals surface area (Å²) in [5, 5.41) is 0.647. The van der Waals surface area contributed by atoms with E-state index in [1.54, 1.807) is 36.4 Å². The van der Waals surface area contributed by atoms with Crippen LogP contribution in [0.25, 0.3) is 0 Å². The lowest BCUT2D eigenvalue weighted by molar-refractivity contribution is -0.148. The molecule has 0 aliphatic heterocycles. The standard InChI is InChI=1S/C19H17ClO4/c1-23-17(21)14-4-2-13(3-5-14)12-24-18(22)19(10-11-19)15-6-8-16(20)9-7-15/h2-9H,10-12H2,1H3. The highest BCUT2D eigenvalue weighted by Crippen LogP contribution is 2.49. The number of benzene rings is 2. The molecule has 3 rings (SSSR count). The molecule has 24 heavy (non-hydrogen) atoms. The predicted octanol–water partition coefficient (Wildman–Crippen LogP) is 3.90. The first-order valence-electron chi connectivity index (χ1n) is 7.66. The fourth-order valence-corrected chi connectivity index (χ4v) is 2.77. The number of carbonyl (C=O) groups excluding carboxylic acids is 2. The Kier molecular flexibility index (Phi) is 4.58. The lowest BCUT2D eigenvalue weighted by Gasteiger charge is -2.15. The van der Waals surface area contributed by atoms with Crippen LogP contribution in [0.1, 0.15) is 34.3 Å². The Labute approximate surface area is 145 Å². The van der Waals surface area contributed by atoms with Gasteiger partial charge in [0.1, 0.15) is 6.61 Å². The van der Waals surface area contributed by atoms with Gasteiger partial charge in [0.05, 0.1) is 18.1 Å². The van der Waals surface area contributed by atoms with Crippen LogP contribution in [0, 0.1) is 0 Å². The van der Waals surface area contributed by atoms with Crippen LogP contribution in [0.2, 0.25) is 5.02 Å². The first-order chi connectivity index (χ1) is 11.5. The van der Waals surface area contributed by atoms with Crippen molar-refractivity contribution in [3.05, 3.63) is 70.2 Å². The van der Waals surface area contributed by atoms with Crippen LogP contribution in [0.5, 0.6) is 0 Å². The van der Waals surface area contributed by atoms with Gasteiger partial charge in [-0.05, 0) is 48.2 Å². The summed E-state index contributed by atoms with van der Waals surface area (Å²) >= 11 is 5.90. The van der Waals surface area contributed by atoms with Gasteiger partial charge < -0.3 is 9.47 Å². The minimum Gasteiger partial charge on any atom is -0.465 e. The molecular formula is C19H17ClO4. The van der Waals surface area contributed by atoms with Crippen LogP contribution in [-0.4, -0.2) is 19.0 Å². The molecule has 0 atom stereocenters. The number of esters is 2. The lowest BCUT2D eigenvalue weighted by atomic mass is 9.96. The van der Waals surface area contributed by atoms with E-state index in [1.807, 2.05) is 12.1 Å². The van der Waals surface area contributed by atoms with Crippen LogP contribution in [0.15, 0.2) is 48.5 Å². The summed E-state index contributed by atoms with van der Waals surface area (Å²) in [5.41, 5.74) is 1.70. The summed E-state index contributed by atoms with van der Waals surface area (Å²) in [6.45, 7) is 0.176. The third kappa shape index (κ3) is 3.29. The van der Waals surface area contributed by atoms with E-state index in [-0.39, 0.29) is 12.6 Å². The van der Waals surface area contributed by atoms with Crippen LogP contribution >= 0.6 is 11.6 Å². The maximum Gasteiger partial charge on any atom is 0.337 e. The zero-order valence-electron chi connectivity index (χ0n) is 13.3. The minimum absolute atomic E-state index is 0.176. The normalized spacial score (nSPS) is 14.8. The van der Waals surface area contributed by atoms with E-state index in [0.717, 1.165) is 24.0 Å². The first-order valence-corrected chi connectivity index (χ1v) is 8.03. The summed E-state index contributed by atoms with van der Waals surface area (Å²) in [6.07, 6.45) is 1.57. The molecule has 1 aliphatic rings. The fourth-order valence-electron chi connectivity index (χ4n) is 2.65. The summed E-state index contributed by atoms with van der Waals surface area (Å²) in [5.74, 6) is -0.611. The second-order valence-corrected chi connectivity index (χ2v) is 6.29. The molecule has 2 aromatic carbocycles. The largest absolute Gasteiger partial charge is 0.465 e. The average Bonchev–Trinajstić information content (AvgIpc) is 3.42. The van der Waals surface area contributed by atoms with E-state index >= 15 is 0 Å². The Balaban J connectivity index is 1.63. The number of halogens is 1. The van der Waals surface area contributed by atoms with Crippen molar-refractivity contribution in [2.24, 2.45) is 0 Å². The summed E-state index contributed by atoms with van der Waals surface area (Å²) < 4.78 is 10.1. The molecule has 1 fully saturated rings. The fraction of sp³-hybridized carbons (Fsp3) is 0.263. The van der Waals surface area contributed by atoms with Gasteiger partial charge in [-0.2, -0.15) is 0 Å². The van der Waals surface area contributed by atoms with Gasteiger partial charge in [0, 0.05) is 5.02 Å². The second-order valence-electron chi connectivity index (χ2n) is 5.85. The third-order valence-corrected chi connectivity index (χ3v) is 4.53. The molecule has 0 bridgehead atoms. The molecular weight excluding hydrogens is 328 g/mol. The molecule has 1 aliphatic carbocycles. The molecule has 0 aromatic heterocycles. The topological polar surface area (TPSA) is 52.6 Å². The molecule has 0 spiro atoms. The van der Waals surface area contributed by atoms with Crippen molar-refractivity contribution in [1.82, 2.24) is 0 Å². The van der Waals surface area contributed by atoms with Crippen molar-refractivity contribution in [2.45, 2.75) is 24.9 Å². The van der Waals surface area contributed by atoms with E-state index in [0.29, 0.717) is 10.6 Å². The van der Waals surface area contributed by atoms with Gasteiger partial charge in [0.15, 0.2) is 0 Å². The van der Waals surface area contributed by atoms with Crippen molar-refractivity contribution >= 4 is 23.5 Å². The van der Waals surface area contributed by atoms with Crippen molar-refractivity contribution in [3.63, 3.8) is 0 Å². The summed E-state index contributed by atoms with van der Waals surface area (Å²) in [7, 11) is 1.34. The number of carbonyl (C=O) groups is 2. The van der Waals surface area contributed by atoms with E-state index in [4.69, 9.17) is 16.3 Å². The van der Waals surface area contributed by atoms with Crippen LogP contribution in [0.3, 0.4) is 0 Å². The van der Waals surface area contributed by atoms with Crippen molar-refractivity contribution in [1.29, 1.82) is 0 Å². The minimum atomic E-state index is -0.531. The molecule has 0 radical (unpaired) electrons. The molecule has 0 amide bonds. The maximum absolute atomic E-state index is 12.5. The molecule has 0 N–H and O–H groups in total. The monoisotopic (exact) mass is 344 g/mol. The predicted molar refractivity (Wildman–Crippen MR) is 89.9 cm³/mol. The summed E-state index contributed by atoms with van der Waals surface area (Å²) in [4.78, 5) is 23.9. The van der Waals surface area contributed by atoms with Gasteiger partial charge in [-0.25, -0.2) is 4.79 Å². The number of hydrogen-bond acceptors (Lipinski definition) is 4. The molecule has 4 nitrogen and oxygen atoms in total. The molecule has 2 aromatic rings. The van der Waals surface area contributed by atoms with E-state index in [2.05, 4.69) is 4.74 Å². The van der Waals surface area contributed by atoms with E-state index < -0.39 is 11.4 Å². The zero-order valence-corrected chi connectivity index (χ0v) is 14.0. The van der Waals surface area contributed by atoms with Gasteiger partial charge in [-0.15, -0.1) is 0 Å². The molecule has 0 saturated heterocycles. The summed E-state index contributed by atoms with van der Waals surface area (Å²) in [6, 6.07) is 14.1. The molecule has 124 valence electrons. The smallest absolute Gasteiger partial charge is 0.337 e. The number of hydrogen-bond donors (Lipinski definition) is 0. The third-order valence-electron chi connectivity index (χ3n) is 4.28.